The first-order valence-electron chi connectivity index (χ1n) is 9.02. The van der Waals surface area contributed by atoms with Gasteiger partial charge in [0.2, 0.25) is 0 Å². The van der Waals surface area contributed by atoms with Crippen molar-refractivity contribution in [1.29, 1.82) is 0 Å². The summed E-state index contributed by atoms with van der Waals surface area (Å²) in [4.78, 5) is 0. The van der Waals surface area contributed by atoms with Gasteiger partial charge in [-0.25, -0.2) is 16.8 Å². The summed E-state index contributed by atoms with van der Waals surface area (Å²) in [5, 5.41) is 4.19. The van der Waals surface area contributed by atoms with Crippen molar-refractivity contribution in [1.82, 2.24) is 4.13 Å². The SMILES string of the molecule is O=S(=O)(NS(=O)(=O)C(F)(F)F)C(F)(F)F.[Au].c1ccc(P(c2ccccc2)c2ccccc2)cc1. The normalized spacial score (nSPS) is 12.3. The molecule has 195 valence electrons. The van der Waals surface area contributed by atoms with Crippen molar-refractivity contribution in [2.45, 2.75) is 11.0 Å². The molecule has 0 fully saturated rings. The number of benzene rings is 3. The van der Waals surface area contributed by atoms with Gasteiger partial charge in [0, 0.05) is 22.4 Å². The topological polar surface area (TPSA) is 80.3 Å². The molecule has 0 saturated heterocycles. The fraction of sp³-hybridized carbons (Fsp3) is 0.100. The quantitative estimate of drug-likeness (QED) is 0.246. The second-order valence-corrected chi connectivity index (χ2v) is 12.1. The van der Waals surface area contributed by atoms with Crippen LogP contribution in [0.3, 0.4) is 0 Å². The monoisotopic (exact) mass is 740 g/mol. The molecule has 0 amide bonds. The molecule has 1 radical (unpaired) electrons. The molecule has 3 aromatic carbocycles. The summed E-state index contributed by atoms with van der Waals surface area (Å²) in [6.45, 7) is 0. The van der Waals surface area contributed by atoms with Gasteiger partial charge >= 0.3 is 31.1 Å². The van der Waals surface area contributed by atoms with Gasteiger partial charge in [0.1, 0.15) is 0 Å². The van der Waals surface area contributed by atoms with Crippen LogP contribution < -0.4 is 20.0 Å². The van der Waals surface area contributed by atoms with Crippen LogP contribution in [0.5, 0.6) is 0 Å². The molecule has 5 nitrogen and oxygen atoms in total. The summed E-state index contributed by atoms with van der Waals surface area (Å²) in [7, 11) is -13.6. The predicted molar refractivity (Wildman–Crippen MR) is 118 cm³/mol. The third-order valence-electron chi connectivity index (χ3n) is 3.87. The van der Waals surface area contributed by atoms with Crippen molar-refractivity contribution in [3.05, 3.63) is 91.0 Å². The number of hydrogen-bond donors (Lipinski definition) is 1. The Morgan fingerprint density at radius 2 is 0.743 bits per heavy atom. The van der Waals surface area contributed by atoms with Crippen LogP contribution in [0.25, 0.3) is 0 Å². The van der Waals surface area contributed by atoms with Gasteiger partial charge in [-0.3, -0.25) is 0 Å². The maximum atomic E-state index is 11.5. The molecule has 0 unspecified atom stereocenters. The second-order valence-electron chi connectivity index (χ2n) is 6.32. The third kappa shape index (κ3) is 8.71. The van der Waals surface area contributed by atoms with E-state index in [2.05, 4.69) is 91.0 Å². The van der Waals surface area contributed by atoms with Crippen LogP contribution >= 0.6 is 7.92 Å². The van der Waals surface area contributed by atoms with E-state index in [9.17, 15) is 43.2 Å². The van der Waals surface area contributed by atoms with Crippen LogP contribution in [-0.2, 0) is 42.4 Å². The molecule has 0 heterocycles. The van der Waals surface area contributed by atoms with E-state index >= 15 is 0 Å². The summed E-state index contributed by atoms with van der Waals surface area (Å²) in [6.07, 6.45) is 0. The van der Waals surface area contributed by atoms with Crippen LogP contribution in [0.1, 0.15) is 0 Å². The summed E-state index contributed by atoms with van der Waals surface area (Å²) < 4.78 is 108. The molecule has 0 aliphatic heterocycles. The molecule has 0 spiro atoms. The van der Waals surface area contributed by atoms with Crippen LogP contribution in [-0.4, -0.2) is 27.9 Å². The minimum Gasteiger partial charge on any atom is -0.202 e. The fourth-order valence-corrected chi connectivity index (χ4v) is 6.63. The molecule has 35 heavy (non-hydrogen) atoms. The Balaban J connectivity index is 0.000000352. The van der Waals surface area contributed by atoms with E-state index in [1.807, 2.05) is 0 Å². The third-order valence-corrected chi connectivity index (χ3v) is 9.29. The van der Waals surface area contributed by atoms with Crippen molar-refractivity contribution in [2.75, 3.05) is 0 Å². The zero-order valence-corrected chi connectivity index (χ0v) is 21.8. The van der Waals surface area contributed by atoms with Crippen molar-refractivity contribution in [3.8, 4) is 0 Å². The summed E-state index contributed by atoms with van der Waals surface area (Å²) >= 11 is 0. The average Bonchev–Trinajstić information content (AvgIpc) is 2.74. The predicted octanol–water partition coefficient (Wildman–Crippen LogP) is 3.72. The number of sulfonamides is 2. The molecule has 0 bridgehead atoms. The Morgan fingerprint density at radius 1 is 0.514 bits per heavy atom. The van der Waals surface area contributed by atoms with Crippen LogP contribution in [0, 0.1) is 0 Å². The number of nitrogens with one attached hydrogen (secondary N) is 1. The Morgan fingerprint density at radius 3 is 0.943 bits per heavy atom. The first-order chi connectivity index (χ1) is 15.7. The van der Waals surface area contributed by atoms with Crippen molar-refractivity contribution in [2.24, 2.45) is 0 Å². The Bertz CT molecular complexity index is 1140. The van der Waals surface area contributed by atoms with Gasteiger partial charge in [-0.1, -0.05) is 95.1 Å². The van der Waals surface area contributed by atoms with E-state index in [1.165, 1.54) is 15.9 Å². The summed E-state index contributed by atoms with van der Waals surface area (Å²) in [5.74, 6) is 0. The van der Waals surface area contributed by atoms with Crippen molar-refractivity contribution < 1.29 is 65.6 Å². The van der Waals surface area contributed by atoms with Gasteiger partial charge in [-0.05, 0) is 23.8 Å². The van der Waals surface area contributed by atoms with Crippen molar-refractivity contribution >= 4 is 43.9 Å². The Kier molecular flexibility index (Phi) is 11.2. The van der Waals surface area contributed by atoms with Gasteiger partial charge in [0.25, 0.3) is 0 Å². The molecule has 1 N–H and O–H groups in total. The zero-order valence-electron chi connectivity index (χ0n) is 17.1. The maximum absolute atomic E-state index is 11.5. The fourth-order valence-electron chi connectivity index (χ4n) is 2.42. The van der Waals surface area contributed by atoms with Gasteiger partial charge < -0.3 is 0 Å². The Labute approximate surface area is 214 Å². The van der Waals surface area contributed by atoms with Crippen molar-refractivity contribution in [3.63, 3.8) is 0 Å². The first kappa shape index (κ1) is 31.3. The van der Waals surface area contributed by atoms with Gasteiger partial charge in [-0.15, -0.1) is 0 Å². The van der Waals surface area contributed by atoms with Crippen LogP contribution in [0.2, 0.25) is 0 Å². The minimum absolute atomic E-state index is 0. The average molecular weight is 740 g/mol. The number of alkyl halides is 6. The smallest absolute Gasteiger partial charge is 0.202 e. The number of hydrogen-bond acceptors (Lipinski definition) is 4. The second kappa shape index (κ2) is 12.5. The molecule has 0 saturated carbocycles. The summed E-state index contributed by atoms with van der Waals surface area (Å²) in [6, 6.07) is 32.3. The van der Waals surface area contributed by atoms with Crippen LogP contribution in [0.15, 0.2) is 91.0 Å². The molecular formula is C20H16AuF6NO4PS2. The largest absolute Gasteiger partial charge is 0.512 e. The maximum Gasteiger partial charge on any atom is 0.512 e. The molecule has 0 aliphatic rings. The standard InChI is InChI=1S/C18H15P.C2HF6NO4S2.Au/c1-4-10-16(11-5-1)19(17-12-6-2-7-13-17)18-14-8-3-9-15-18;3-1(4,5)14(10,11)9-15(12,13)2(6,7)8;/h1-15H;9H;. The molecule has 0 aromatic heterocycles. The zero-order chi connectivity index (χ0) is 25.6. The molecule has 3 rings (SSSR count). The molecule has 0 aliphatic carbocycles. The van der Waals surface area contributed by atoms with E-state index in [1.54, 1.807) is 0 Å². The van der Waals surface area contributed by atoms with Crippen LogP contribution in [0.4, 0.5) is 26.3 Å². The van der Waals surface area contributed by atoms with E-state index in [0.717, 1.165) is 0 Å². The molecule has 0 atom stereocenters. The van der Waals surface area contributed by atoms with E-state index in [0.29, 0.717) is 0 Å². The first-order valence-corrected chi connectivity index (χ1v) is 13.3. The molecule has 3 aromatic rings. The molecule has 15 heteroatoms. The van der Waals surface area contributed by atoms with Gasteiger partial charge in [0.15, 0.2) is 0 Å². The summed E-state index contributed by atoms with van der Waals surface area (Å²) in [5.41, 5.74) is -12.3. The van der Waals surface area contributed by atoms with E-state index in [4.69, 9.17) is 0 Å². The minimum atomic E-state index is -6.60. The Hall–Kier alpha value is -1.73. The van der Waals surface area contributed by atoms with E-state index in [-0.39, 0.29) is 22.4 Å². The number of rotatable bonds is 5. The van der Waals surface area contributed by atoms with Gasteiger partial charge in [-0.2, -0.15) is 26.3 Å². The number of halogens is 6. The molecular weight excluding hydrogens is 724 g/mol. The van der Waals surface area contributed by atoms with Gasteiger partial charge in [0.05, 0.1) is 0 Å². The van der Waals surface area contributed by atoms with E-state index < -0.39 is 43.1 Å².